The van der Waals surface area contributed by atoms with Crippen molar-refractivity contribution in [3.05, 3.63) is 51.4 Å². The number of carbonyl (C=O) groups excluding carboxylic acids is 2. The Morgan fingerprint density at radius 2 is 1.78 bits per heavy atom. The van der Waals surface area contributed by atoms with Crippen LogP contribution >= 0.6 is 11.3 Å². The van der Waals surface area contributed by atoms with Crippen molar-refractivity contribution < 1.29 is 35.9 Å². The van der Waals surface area contributed by atoms with Crippen molar-refractivity contribution in [1.82, 2.24) is 19.6 Å². The van der Waals surface area contributed by atoms with Gasteiger partial charge in [0, 0.05) is 23.1 Å². The van der Waals surface area contributed by atoms with Crippen molar-refractivity contribution in [3.8, 4) is 0 Å². The van der Waals surface area contributed by atoms with Crippen LogP contribution in [0.5, 0.6) is 0 Å². The number of primary amides is 1. The molecule has 1 aliphatic carbocycles. The van der Waals surface area contributed by atoms with Gasteiger partial charge in [0.1, 0.15) is 21.1 Å². The molecule has 0 aliphatic heterocycles. The smallest absolute Gasteiger partial charge is 0.365 e. The lowest BCUT2D eigenvalue weighted by Gasteiger charge is -2.10. The maximum absolute atomic E-state index is 13.6. The molecule has 1 fully saturated rings. The average Bonchev–Trinajstić information content (AvgIpc) is 3.41. The second-order valence-electron chi connectivity index (χ2n) is 8.26. The molecule has 0 spiro atoms. The fourth-order valence-corrected chi connectivity index (χ4v) is 4.85. The molecule has 4 heterocycles. The van der Waals surface area contributed by atoms with E-state index in [1.165, 1.54) is 6.92 Å². The summed E-state index contributed by atoms with van der Waals surface area (Å²) in [5.74, 6) is -2.15. The first-order valence-corrected chi connectivity index (χ1v) is 11.2. The van der Waals surface area contributed by atoms with Crippen LogP contribution in [0.15, 0.2) is 18.2 Å². The zero-order valence-corrected chi connectivity index (χ0v) is 18.9. The standard InChI is InChI=1S/C21H14F6N6O2S/c1-7-4-11(20(22,23)24)30-19-14(7)15(16(36-19)17(28)34)31-18(35)10-6-13-29-9(8-2-3-8)5-12(21(25,26)27)33(13)32-10/h4-6,8H,2-3H2,1H3,(H2,28,34)(H,31,35). The van der Waals surface area contributed by atoms with Gasteiger partial charge in [-0.25, -0.2) is 14.5 Å². The minimum Gasteiger partial charge on any atom is -0.365 e. The van der Waals surface area contributed by atoms with Gasteiger partial charge in [0.05, 0.1) is 5.69 Å². The Kier molecular flexibility index (Phi) is 5.24. The number of hydrogen-bond acceptors (Lipinski definition) is 6. The van der Waals surface area contributed by atoms with Crippen molar-refractivity contribution in [2.45, 2.75) is 38.0 Å². The zero-order chi connectivity index (χ0) is 26.2. The zero-order valence-electron chi connectivity index (χ0n) is 18.1. The van der Waals surface area contributed by atoms with Crippen LogP contribution in [-0.2, 0) is 12.4 Å². The summed E-state index contributed by atoms with van der Waals surface area (Å²) >= 11 is 0.549. The number of aromatic nitrogens is 4. The number of halogens is 6. The molecule has 0 aromatic carbocycles. The Morgan fingerprint density at radius 1 is 1.08 bits per heavy atom. The van der Waals surface area contributed by atoms with E-state index in [0.29, 0.717) is 28.7 Å². The molecule has 4 aromatic rings. The van der Waals surface area contributed by atoms with Gasteiger partial charge >= 0.3 is 12.4 Å². The molecule has 0 unspecified atom stereocenters. The van der Waals surface area contributed by atoms with Crippen LogP contribution in [0.1, 0.15) is 61.6 Å². The van der Waals surface area contributed by atoms with Gasteiger partial charge in [-0.05, 0) is 37.5 Å². The topological polar surface area (TPSA) is 115 Å². The number of pyridine rings is 1. The van der Waals surface area contributed by atoms with Crippen molar-refractivity contribution in [2.75, 3.05) is 5.32 Å². The van der Waals surface area contributed by atoms with Crippen LogP contribution in [0.2, 0.25) is 0 Å². The molecule has 36 heavy (non-hydrogen) atoms. The molecule has 15 heteroatoms. The summed E-state index contributed by atoms with van der Waals surface area (Å²) in [6.45, 7) is 1.33. The Morgan fingerprint density at radius 3 is 2.36 bits per heavy atom. The van der Waals surface area contributed by atoms with E-state index in [4.69, 9.17) is 5.73 Å². The monoisotopic (exact) mass is 528 g/mol. The predicted molar refractivity (Wildman–Crippen MR) is 116 cm³/mol. The number of thiophene rings is 1. The van der Waals surface area contributed by atoms with Gasteiger partial charge in [0.2, 0.25) is 0 Å². The van der Waals surface area contributed by atoms with Crippen LogP contribution < -0.4 is 11.1 Å². The summed E-state index contributed by atoms with van der Waals surface area (Å²) in [6.07, 6.45) is -8.12. The first-order valence-electron chi connectivity index (χ1n) is 10.3. The highest BCUT2D eigenvalue weighted by Gasteiger charge is 2.38. The average molecular weight is 528 g/mol. The second kappa shape index (κ2) is 7.88. The maximum atomic E-state index is 13.6. The molecule has 1 saturated carbocycles. The Bertz CT molecular complexity index is 1570. The van der Waals surface area contributed by atoms with Crippen molar-refractivity contribution in [3.63, 3.8) is 0 Å². The number of hydrogen-bond donors (Lipinski definition) is 2. The van der Waals surface area contributed by atoms with Gasteiger partial charge in [0.15, 0.2) is 11.3 Å². The number of fused-ring (bicyclic) bond motifs is 2. The molecule has 0 radical (unpaired) electrons. The van der Waals surface area contributed by atoms with Gasteiger partial charge in [-0.3, -0.25) is 9.59 Å². The van der Waals surface area contributed by atoms with Crippen molar-refractivity contribution in [2.24, 2.45) is 5.73 Å². The number of rotatable bonds is 4. The normalized spacial score (nSPS) is 14.5. The number of nitrogens with two attached hydrogens (primary N) is 1. The number of amides is 2. The molecule has 8 nitrogen and oxygen atoms in total. The van der Waals surface area contributed by atoms with Crippen LogP contribution in [0.3, 0.4) is 0 Å². The maximum Gasteiger partial charge on any atom is 0.433 e. The fraction of sp³-hybridized carbons (Fsp3) is 0.286. The summed E-state index contributed by atoms with van der Waals surface area (Å²) < 4.78 is 81.0. The van der Waals surface area contributed by atoms with E-state index in [0.717, 1.165) is 18.2 Å². The number of alkyl halides is 6. The Labute approximate surface area is 201 Å². The van der Waals surface area contributed by atoms with E-state index < -0.39 is 41.2 Å². The van der Waals surface area contributed by atoms with Crippen molar-refractivity contribution in [1.29, 1.82) is 0 Å². The molecule has 3 N–H and O–H groups in total. The molecular weight excluding hydrogens is 514 g/mol. The molecule has 2 amide bonds. The van der Waals surface area contributed by atoms with Gasteiger partial charge in [-0.2, -0.15) is 31.4 Å². The number of nitrogens with one attached hydrogen (secondary N) is 1. The highest BCUT2D eigenvalue weighted by atomic mass is 32.1. The van der Waals surface area contributed by atoms with Gasteiger partial charge < -0.3 is 11.1 Å². The van der Waals surface area contributed by atoms with Crippen LogP contribution in [0.4, 0.5) is 32.0 Å². The molecule has 1 aliphatic rings. The highest BCUT2D eigenvalue weighted by Crippen LogP contribution is 2.42. The minimum absolute atomic E-state index is 0.0454. The molecule has 0 atom stereocenters. The fourth-order valence-electron chi connectivity index (χ4n) is 3.79. The summed E-state index contributed by atoms with van der Waals surface area (Å²) in [4.78, 5) is 32.2. The first kappa shape index (κ1) is 24.0. The molecule has 4 aromatic heterocycles. The third-order valence-electron chi connectivity index (χ3n) is 5.58. The summed E-state index contributed by atoms with van der Waals surface area (Å²) in [5.41, 5.74) is 2.50. The van der Waals surface area contributed by atoms with Gasteiger partial charge in [-0.15, -0.1) is 11.3 Å². The molecular formula is C21H14F6N6O2S. The van der Waals surface area contributed by atoms with E-state index in [1.54, 1.807) is 0 Å². The van der Waals surface area contributed by atoms with E-state index in [-0.39, 0.29) is 43.6 Å². The van der Waals surface area contributed by atoms with Crippen LogP contribution in [0, 0.1) is 6.92 Å². The molecule has 5 rings (SSSR count). The van der Waals surface area contributed by atoms with Gasteiger partial charge in [0.25, 0.3) is 11.8 Å². The molecule has 0 saturated heterocycles. The van der Waals surface area contributed by atoms with E-state index >= 15 is 0 Å². The third kappa shape index (κ3) is 4.12. The lowest BCUT2D eigenvalue weighted by molar-refractivity contribution is -0.143. The quantitative estimate of drug-likeness (QED) is 0.365. The number of anilines is 1. The number of carbonyl (C=O) groups is 2. The minimum atomic E-state index is -4.77. The van der Waals surface area contributed by atoms with E-state index in [1.807, 2.05) is 0 Å². The van der Waals surface area contributed by atoms with Crippen LogP contribution in [0.25, 0.3) is 15.9 Å². The summed E-state index contributed by atoms with van der Waals surface area (Å²) in [6, 6.07) is 2.70. The first-order chi connectivity index (χ1) is 16.7. The molecule has 188 valence electrons. The third-order valence-corrected chi connectivity index (χ3v) is 6.68. The lowest BCUT2D eigenvalue weighted by atomic mass is 10.1. The van der Waals surface area contributed by atoms with E-state index in [2.05, 4.69) is 20.4 Å². The predicted octanol–water partition coefficient (Wildman–Crippen LogP) is 4.91. The molecule has 0 bridgehead atoms. The Balaban J connectivity index is 1.59. The summed E-state index contributed by atoms with van der Waals surface area (Å²) in [7, 11) is 0. The van der Waals surface area contributed by atoms with Crippen LogP contribution in [-0.4, -0.2) is 31.4 Å². The van der Waals surface area contributed by atoms with E-state index in [9.17, 15) is 35.9 Å². The van der Waals surface area contributed by atoms with Crippen molar-refractivity contribution >= 4 is 44.7 Å². The lowest BCUT2D eigenvalue weighted by Crippen LogP contribution is -2.18. The number of aryl methyl sites for hydroxylation is 1. The second-order valence-corrected chi connectivity index (χ2v) is 9.26. The highest BCUT2D eigenvalue weighted by molar-refractivity contribution is 7.21. The largest absolute Gasteiger partial charge is 0.433 e. The Hall–Kier alpha value is -3.75. The summed E-state index contributed by atoms with van der Waals surface area (Å²) in [5, 5.41) is 6.16. The SMILES string of the molecule is Cc1cc(C(F)(F)F)nc2sc(C(N)=O)c(NC(=O)c3cc4nc(C5CC5)cc(C(F)(F)F)n4n3)c12. The van der Waals surface area contributed by atoms with Gasteiger partial charge in [-0.1, -0.05) is 0 Å². The number of nitrogens with zero attached hydrogens (tertiary/aromatic N) is 4.